The van der Waals surface area contributed by atoms with Crippen LogP contribution in [-0.4, -0.2) is 0 Å². The molecule has 0 N–H and O–H groups in total. The maximum Gasteiger partial charge on any atom is 0.0502 e. The Labute approximate surface area is 62.9 Å². The molecule has 0 nitrogen and oxygen atoms in total. The van der Waals surface area contributed by atoms with Crippen LogP contribution >= 0.6 is 11.6 Å². The summed E-state index contributed by atoms with van der Waals surface area (Å²) >= 11 is 5.36. The highest BCUT2D eigenvalue weighted by atomic mass is 35.5. The molecule has 0 aliphatic rings. The molecule has 1 heteroatoms. The van der Waals surface area contributed by atoms with Crippen LogP contribution in [-0.2, 0) is 0 Å². The number of hydrogen-bond donors (Lipinski definition) is 0. The molecule has 0 saturated carbocycles. The van der Waals surface area contributed by atoms with Gasteiger partial charge in [0.1, 0.15) is 0 Å². The Kier molecular flexibility index (Phi) is 8.06. The first-order valence-corrected chi connectivity index (χ1v) is 3.92. The van der Waals surface area contributed by atoms with Crippen molar-refractivity contribution in [3.8, 4) is 0 Å². The van der Waals surface area contributed by atoms with E-state index >= 15 is 0 Å². The van der Waals surface area contributed by atoms with Crippen molar-refractivity contribution in [3.63, 3.8) is 0 Å². The molecule has 0 rings (SSSR count). The minimum Gasteiger partial charge on any atom is -0.121 e. The third-order valence-corrected chi connectivity index (χ3v) is 1.28. The van der Waals surface area contributed by atoms with Gasteiger partial charge in [0.05, 0.1) is 5.88 Å². The highest BCUT2D eigenvalue weighted by molar-refractivity contribution is 6.23. The van der Waals surface area contributed by atoms with Crippen molar-refractivity contribution in [1.29, 1.82) is 0 Å². The molecule has 0 atom stereocenters. The van der Waals surface area contributed by atoms with Crippen LogP contribution in [0.1, 0.15) is 32.6 Å². The van der Waals surface area contributed by atoms with Gasteiger partial charge in [0.15, 0.2) is 0 Å². The number of rotatable bonds is 5. The summed E-state index contributed by atoms with van der Waals surface area (Å²) in [5.74, 6) is 1.68. The summed E-state index contributed by atoms with van der Waals surface area (Å²) < 4.78 is 0. The van der Waals surface area contributed by atoms with Gasteiger partial charge in [-0.25, -0.2) is 0 Å². The lowest BCUT2D eigenvalue weighted by Crippen LogP contribution is -1.66. The van der Waals surface area contributed by atoms with E-state index in [0.717, 1.165) is 12.8 Å². The summed E-state index contributed by atoms with van der Waals surface area (Å²) in [5, 5.41) is 0. The molecule has 0 amide bonds. The van der Waals surface area contributed by atoms with E-state index in [1.54, 1.807) is 5.88 Å². The summed E-state index contributed by atoms with van der Waals surface area (Å²) in [4.78, 5) is 0. The van der Waals surface area contributed by atoms with Crippen molar-refractivity contribution in [3.05, 3.63) is 18.0 Å². The molecule has 0 aliphatic heterocycles. The smallest absolute Gasteiger partial charge is 0.0502 e. The minimum absolute atomic E-state index is 0.988. The highest BCUT2D eigenvalue weighted by Gasteiger charge is 1.78. The van der Waals surface area contributed by atoms with Gasteiger partial charge in [0, 0.05) is 0 Å². The van der Waals surface area contributed by atoms with Gasteiger partial charge < -0.3 is 0 Å². The fourth-order valence-electron chi connectivity index (χ4n) is 0.562. The second-order valence-electron chi connectivity index (χ2n) is 1.99. The fourth-order valence-corrected chi connectivity index (χ4v) is 0.688. The van der Waals surface area contributed by atoms with E-state index < -0.39 is 0 Å². The Balaban J connectivity index is 2.86. The summed E-state index contributed by atoms with van der Waals surface area (Å²) in [6.07, 6.45) is 8.90. The summed E-state index contributed by atoms with van der Waals surface area (Å²) in [6.45, 7) is 2.18. The molecule has 0 aromatic carbocycles. The van der Waals surface area contributed by atoms with Gasteiger partial charge in [-0.15, -0.1) is 11.6 Å². The van der Waals surface area contributed by atoms with Crippen molar-refractivity contribution >= 4 is 11.6 Å². The van der Waals surface area contributed by atoms with Crippen LogP contribution < -0.4 is 0 Å². The first-order valence-electron chi connectivity index (χ1n) is 3.48. The van der Waals surface area contributed by atoms with E-state index in [9.17, 15) is 0 Å². The van der Waals surface area contributed by atoms with Crippen LogP contribution in [0.5, 0.6) is 0 Å². The lowest BCUT2D eigenvalue weighted by molar-refractivity contribution is 0.941. The molecule has 0 aliphatic carbocycles. The SMILES string of the molecule is CCCC=CCC[CH]Cl. The zero-order valence-electron chi connectivity index (χ0n) is 5.94. The molecule has 0 saturated heterocycles. The van der Waals surface area contributed by atoms with Gasteiger partial charge in [-0.1, -0.05) is 25.5 Å². The second-order valence-corrected chi connectivity index (χ2v) is 2.30. The van der Waals surface area contributed by atoms with Crippen LogP contribution in [0, 0.1) is 5.88 Å². The number of hydrogen-bond acceptors (Lipinski definition) is 0. The summed E-state index contributed by atoms with van der Waals surface area (Å²) in [7, 11) is 0. The van der Waals surface area contributed by atoms with Gasteiger partial charge in [0.25, 0.3) is 0 Å². The van der Waals surface area contributed by atoms with Crippen molar-refractivity contribution in [2.45, 2.75) is 32.6 Å². The third kappa shape index (κ3) is 8.03. The van der Waals surface area contributed by atoms with E-state index in [-0.39, 0.29) is 0 Å². The molecule has 0 unspecified atom stereocenters. The van der Waals surface area contributed by atoms with E-state index in [1.165, 1.54) is 12.8 Å². The molecule has 0 heterocycles. The van der Waals surface area contributed by atoms with Crippen molar-refractivity contribution in [1.82, 2.24) is 0 Å². The minimum atomic E-state index is 0.988. The van der Waals surface area contributed by atoms with E-state index in [2.05, 4.69) is 19.1 Å². The first-order chi connectivity index (χ1) is 4.41. The zero-order valence-corrected chi connectivity index (χ0v) is 6.69. The molecule has 0 aromatic rings. The van der Waals surface area contributed by atoms with Gasteiger partial charge in [-0.05, 0) is 19.3 Å². The third-order valence-electron chi connectivity index (χ3n) is 1.06. The van der Waals surface area contributed by atoms with Crippen molar-refractivity contribution in [2.75, 3.05) is 0 Å². The Hall–Kier alpha value is 0.0300. The maximum atomic E-state index is 5.36. The van der Waals surface area contributed by atoms with Crippen LogP contribution in [0.3, 0.4) is 0 Å². The fraction of sp³-hybridized carbons (Fsp3) is 0.625. The monoisotopic (exact) mass is 145 g/mol. The molecule has 0 spiro atoms. The number of allylic oxidation sites excluding steroid dienone is 2. The highest BCUT2D eigenvalue weighted by Crippen LogP contribution is 1.99. The molecule has 1 radical (unpaired) electrons. The van der Waals surface area contributed by atoms with Crippen LogP contribution in [0.25, 0.3) is 0 Å². The molecular formula is C8H14Cl. The molecule has 0 fully saturated rings. The summed E-state index contributed by atoms with van der Waals surface area (Å²) in [5.41, 5.74) is 0. The lowest BCUT2D eigenvalue weighted by atomic mass is 10.2. The number of halogens is 1. The molecular weight excluding hydrogens is 132 g/mol. The molecule has 9 heavy (non-hydrogen) atoms. The van der Waals surface area contributed by atoms with Crippen molar-refractivity contribution in [2.24, 2.45) is 0 Å². The predicted octanol–water partition coefficient (Wildman–Crippen LogP) is 3.52. The Bertz CT molecular complexity index is 67.0. The maximum absolute atomic E-state index is 5.36. The van der Waals surface area contributed by atoms with Gasteiger partial charge in [-0.3, -0.25) is 0 Å². The van der Waals surface area contributed by atoms with Gasteiger partial charge >= 0.3 is 0 Å². The molecule has 53 valence electrons. The Morgan fingerprint density at radius 2 is 1.78 bits per heavy atom. The number of unbranched alkanes of at least 4 members (excludes halogenated alkanes) is 2. The van der Waals surface area contributed by atoms with Gasteiger partial charge in [0.2, 0.25) is 0 Å². The largest absolute Gasteiger partial charge is 0.121 e. The van der Waals surface area contributed by atoms with Gasteiger partial charge in [-0.2, -0.15) is 0 Å². The average molecular weight is 146 g/mol. The second kappa shape index (κ2) is 8.03. The average Bonchev–Trinajstić information content (AvgIpc) is 1.89. The standard InChI is InChI=1S/C8H14Cl/c1-2-3-4-5-6-7-8-9/h4-5,8H,2-3,6-7H2,1H3. The lowest BCUT2D eigenvalue weighted by Gasteiger charge is -1.85. The van der Waals surface area contributed by atoms with Crippen LogP contribution in [0.2, 0.25) is 0 Å². The quantitative estimate of drug-likeness (QED) is 0.410. The van der Waals surface area contributed by atoms with Crippen LogP contribution in [0.4, 0.5) is 0 Å². The zero-order chi connectivity index (χ0) is 6.95. The Morgan fingerprint density at radius 3 is 2.33 bits per heavy atom. The first kappa shape index (κ1) is 9.03. The van der Waals surface area contributed by atoms with Crippen LogP contribution in [0.15, 0.2) is 12.2 Å². The topological polar surface area (TPSA) is 0 Å². The molecule has 0 aromatic heterocycles. The normalized spacial score (nSPS) is 10.9. The van der Waals surface area contributed by atoms with Crippen molar-refractivity contribution < 1.29 is 0 Å². The van der Waals surface area contributed by atoms with E-state index in [4.69, 9.17) is 11.6 Å². The summed E-state index contributed by atoms with van der Waals surface area (Å²) in [6, 6.07) is 0. The molecule has 0 bridgehead atoms. The van der Waals surface area contributed by atoms with E-state index in [1.807, 2.05) is 0 Å². The van der Waals surface area contributed by atoms with E-state index in [0.29, 0.717) is 0 Å². The predicted molar refractivity (Wildman–Crippen MR) is 43.4 cm³/mol. The Morgan fingerprint density at radius 1 is 1.11 bits per heavy atom.